The Labute approximate surface area is 50.0 Å². The van der Waals surface area contributed by atoms with Gasteiger partial charge in [-0.3, -0.25) is 4.84 Å². The van der Waals surface area contributed by atoms with E-state index in [0.717, 1.165) is 0 Å². The molecule has 8 heavy (non-hydrogen) atoms. The van der Waals surface area contributed by atoms with Crippen molar-refractivity contribution in [2.75, 3.05) is 0 Å². The summed E-state index contributed by atoms with van der Waals surface area (Å²) in [5.74, 6) is 7.54. The fourth-order valence-electron chi connectivity index (χ4n) is 0.389. The Balaban J connectivity index is 3.57. The monoisotopic (exact) mass is 113 g/mol. The quantitative estimate of drug-likeness (QED) is 0.419. The van der Waals surface area contributed by atoms with Crippen molar-refractivity contribution in [3.63, 3.8) is 0 Å². The van der Waals surface area contributed by atoms with E-state index in [1.807, 2.05) is 13.8 Å². The van der Waals surface area contributed by atoms with Crippen LogP contribution in [0.4, 0.5) is 0 Å². The maximum Gasteiger partial charge on any atom is 0.141 e. The van der Waals surface area contributed by atoms with Crippen molar-refractivity contribution in [1.82, 2.24) is 0 Å². The summed E-state index contributed by atoms with van der Waals surface area (Å²) in [6, 6.07) is 0. The molecule has 0 radical (unpaired) electrons. The van der Waals surface area contributed by atoms with Gasteiger partial charge in [-0.2, -0.15) is 0 Å². The molecule has 0 saturated carbocycles. The molecule has 0 aromatic carbocycles. The van der Waals surface area contributed by atoms with Gasteiger partial charge in [0.15, 0.2) is 0 Å². The highest BCUT2D eigenvalue weighted by molar-refractivity contribution is 4.95. The molecule has 0 heterocycles. The number of terminal acetylenes is 1. The van der Waals surface area contributed by atoms with Gasteiger partial charge in [-0.25, -0.2) is 5.90 Å². The Kier molecular flexibility index (Phi) is 3.25. The molecule has 2 nitrogen and oxygen atoms in total. The van der Waals surface area contributed by atoms with Crippen molar-refractivity contribution >= 4 is 0 Å². The first-order valence-electron chi connectivity index (χ1n) is 2.54. The van der Waals surface area contributed by atoms with Gasteiger partial charge in [0.25, 0.3) is 0 Å². The summed E-state index contributed by atoms with van der Waals surface area (Å²) < 4.78 is 0. The molecule has 0 aliphatic carbocycles. The van der Waals surface area contributed by atoms with Gasteiger partial charge in [0.2, 0.25) is 0 Å². The zero-order valence-electron chi connectivity index (χ0n) is 5.22. The molecule has 2 heteroatoms. The molecule has 0 aliphatic heterocycles. The number of hydrogen-bond acceptors (Lipinski definition) is 2. The lowest BCUT2D eigenvalue weighted by Crippen LogP contribution is -2.20. The lowest BCUT2D eigenvalue weighted by atomic mass is 10.1. The highest BCUT2D eigenvalue weighted by Gasteiger charge is 2.06. The molecule has 0 aromatic rings. The van der Waals surface area contributed by atoms with Gasteiger partial charge in [0.05, 0.1) is 0 Å². The van der Waals surface area contributed by atoms with Crippen molar-refractivity contribution in [3.8, 4) is 12.3 Å². The SMILES string of the molecule is C#CC(ON)C(C)C. The Morgan fingerprint density at radius 2 is 2.12 bits per heavy atom. The second-order valence-corrected chi connectivity index (χ2v) is 1.97. The average Bonchev–Trinajstić information content (AvgIpc) is 1.69. The third-order valence-corrected chi connectivity index (χ3v) is 0.916. The Morgan fingerprint density at radius 3 is 2.12 bits per heavy atom. The highest BCUT2D eigenvalue weighted by atomic mass is 16.6. The lowest BCUT2D eigenvalue weighted by Gasteiger charge is -2.09. The topological polar surface area (TPSA) is 35.2 Å². The van der Waals surface area contributed by atoms with Crippen LogP contribution >= 0.6 is 0 Å². The van der Waals surface area contributed by atoms with Crippen LogP contribution in [0.15, 0.2) is 0 Å². The maximum atomic E-state index is 5.03. The summed E-state index contributed by atoms with van der Waals surface area (Å²) in [6.45, 7) is 3.91. The molecule has 46 valence electrons. The summed E-state index contributed by atoms with van der Waals surface area (Å²) in [5.41, 5.74) is 0. The molecule has 0 saturated heterocycles. The average molecular weight is 113 g/mol. The van der Waals surface area contributed by atoms with E-state index in [1.54, 1.807) is 0 Å². The molecule has 0 spiro atoms. The van der Waals surface area contributed by atoms with Crippen LogP contribution in [0.3, 0.4) is 0 Å². The van der Waals surface area contributed by atoms with Crippen LogP contribution < -0.4 is 5.90 Å². The minimum atomic E-state index is -0.241. The van der Waals surface area contributed by atoms with Gasteiger partial charge in [-0.1, -0.05) is 19.8 Å². The van der Waals surface area contributed by atoms with E-state index in [0.29, 0.717) is 5.92 Å². The van der Waals surface area contributed by atoms with E-state index in [9.17, 15) is 0 Å². The Hall–Kier alpha value is -0.520. The van der Waals surface area contributed by atoms with Crippen LogP contribution in [0.5, 0.6) is 0 Å². The molecule has 0 aliphatic rings. The summed E-state index contributed by atoms with van der Waals surface area (Å²) in [6.07, 6.45) is 4.79. The van der Waals surface area contributed by atoms with Crippen LogP contribution in [0.1, 0.15) is 13.8 Å². The summed E-state index contributed by atoms with van der Waals surface area (Å²) in [7, 11) is 0. The van der Waals surface area contributed by atoms with Gasteiger partial charge in [0, 0.05) is 0 Å². The minimum absolute atomic E-state index is 0.241. The minimum Gasteiger partial charge on any atom is -0.288 e. The molecule has 2 N–H and O–H groups in total. The first-order chi connectivity index (χ1) is 3.72. The van der Waals surface area contributed by atoms with E-state index in [1.165, 1.54) is 0 Å². The summed E-state index contributed by atoms with van der Waals surface area (Å²) >= 11 is 0. The fraction of sp³-hybridized carbons (Fsp3) is 0.667. The van der Waals surface area contributed by atoms with Crippen LogP contribution in [0.2, 0.25) is 0 Å². The summed E-state index contributed by atoms with van der Waals surface area (Å²) in [4.78, 5) is 4.42. The number of rotatable bonds is 2. The smallest absolute Gasteiger partial charge is 0.141 e. The van der Waals surface area contributed by atoms with Gasteiger partial charge < -0.3 is 0 Å². The van der Waals surface area contributed by atoms with E-state index >= 15 is 0 Å². The van der Waals surface area contributed by atoms with Crippen LogP contribution in [0.25, 0.3) is 0 Å². The number of nitrogens with two attached hydrogens (primary N) is 1. The molecule has 0 fully saturated rings. The van der Waals surface area contributed by atoms with E-state index < -0.39 is 0 Å². The third-order valence-electron chi connectivity index (χ3n) is 0.916. The second kappa shape index (κ2) is 3.48. The Morgan fingerprint density at radius 1 is 1.62 bits per heavy atom. The normalized spacial score (nSPS) is 13.4. The molecule has 0 amide bonds. The first kappa shape index (κ1) is 7.48. The highest BCUT2D eigenvalue weighted by Crippen LogP contribution is 2.00. The molecule has 1 atom stereocenters. The lowest BCUT2D eigenvalue weighted by molar-refractivity contribution is 0.0623. The molecule has 1 unspecified atom stereocenters. The van der Waals surface area contributed by atoms with Crippen LogP contribution in [0, 0.1) is 18.3 Å². The molecule has 0 aromatic heterocycles. The predicted octanol–water partition coefficient (Wildman–Crippen LogP) is 0.534. The largest absolute Gasteiger partial charge is 0.288 e. The van der Waals surface area contributed by atoms with E-state index in [-0.39, 0.29) is 6.10 Å². The van der Waals surface area contributed by atoms with Gasteiger partial charge >= 0.3 is 0 Å². The molecule has 0 bridgehead atoms. The van der Waals surface area contributed by atoms with Crippen molar-refractivity contribution in [2.45, 2.75) is 20.0 Å². The van der Waals surface area contributed by atoms with Gasteiger partial charge in [0.1, 0.15) is 6.10 Å². The predicted molar refractivity (Wildman–Crippen MR) is 32.7 cm³/mol. The van der Waals surface area contributed by atoms with E-state index in [2.05, 4.69) is 10.8 Å². The van der Waals surface area contributed by atoms with Crippen molar-refractivity contribution in [1.29, 1.82) is 0 Å². The fourth-order valence-corrected chi connectivity index (χ4v) is 0.389. The van der Waals surface area contributed by atoms with Crippen molar-refractivity contribution in [3.05, 3.63) is 0 Å². The van der Waals surface area contributed by atoms with Crippen molar-refractivity contribution in [2.24, 2.45) is 11.8 Å². The number of hydrogen-bond donors (Lipinski definition) is 1. The molecular formula is C6H11NO. The first-order valence-corrected chi connectivity index (χ1v) is 2.54. The van der Waals surface area contributed by atoms with Gasteiger partial charge in [-0.15, -0.1) is 6.42 Å². The zero-order valence-corrected chi connectivity index (χ0v) is 5.22. The molecular weight excluding hydrogens is 102 g/mol. The third kappa shape index (κ3) is 1.97. The Bertz CT molecular complexity index is 93.2. The molecule has 0 rings (SSSR count). The maximum absolute atomic E-state index is 5.03. The van der Waals surface area contributed by atoms with Crippen molar-refractivity contribution < 1.29 is 4.84 Å². The standard InChI is InChI=1S/C6H11NO/c1-4-6(8-7)5(2)3/h1,5-6H,7H2,2-3H3. The van der Waals surface area contributed by atoms with Crippen LogP contribution in [-0.2, 0) is 4.84 Å². The van der Waals surface area contributed by atoms with Gasteiger partial charge in [-0.05, 0) is 5.92 Å². The van der Waals surface area contributed by atoms with Crippen LogP contribution in [-0.4, -0.2) is 6.10 Å². The summed E-state index contributed by atoms with van der Waals surface area (Å²) in [5, 5.41) is 0. The zero-order chi connectivity index (χ0) is 6.57. The van der Waals surface area contributed by atoms with E-state index in [4.69, 9.17) is 12.3 Å². The second-order valence-electron chi connectivity index (χ2n) is 1.97.